The van der Waals surface area contributed by atoms with E-state index in [2.05, 4.69) is 16.0 Å². The Morgan fingerprint density at radius 1 is 0.880 bits per heavy atom. The van der Waals surface area contributed by atoms with Crippen molar-refractivity contribution in [1.29, 1.82) is 0 Å². The summed E-state index contributed by atoms with van der Waals surface area (Å²) in [5, 5.41) is 7.97. The topological polar surface area (TPSA) is 97.9 Å². The Bertz CT molecular complexity index is 550. The van der Waals surface area contributed by atoms with E-state index in [-0.39, 0.29) is 11.9 Å². The molecule has 0 aliphatic carbocycles. The minimum atomic E-state index is -0.389. The highest BCUT2D eigenvalue weighted by Crippen LogP contribution is 2.40. The van der Waals surface area contributed by atoms with Gasteiger partial charge in [-0.2, -0.15) is 0 Å². The maximum atomic E-state index is 12.0. The van der Waals surface area contributed by atoms with Gasteiger partial charge in [0.05, 0.1) is 25.5 Å². The van der Waals surface area contributed by atoms with Crippen LogP contribution in [0.1, 0.15) is 27.7 Å². The highest BCUT2D eigenvalue weighted by Gasteiger charge is 2.16. The number of hydrogen-bond donors (Lipinski definition) is 3. The van der Waals surface area contributed by atoms with Crippen molar-refractivity contribution >= 4 is 17.6 Å². The first-order valence-electron chi connectivity index (χ1n) is 8.37. The Labute approximate surface area is 148 Å². The lowest BCUT2D eigenvalue weighted by Crippen LogP contribution is -2.36. The first-order chi connectivity index (χ1) is 12.0. The van der Waals surface area contributed by atoms with Gasteiger partial charge in [0.1, 0.15) is 0 Å². The van der Waals surface area contributed by atoms with Gasteiger partial charge in [0, 0.05) is 32.1 Å². The van der Waals surface area contributed by atoms with Crippen LogP contribution >= 0.6 is 0 Å². The predicted octanol–water partition coefficient (Wildman–Crippen LogP) is 2.14. The molecule has 0 aliphatic heterocycles. The van der Waals surface area contributed by atoms with Crippen molar-refractivity contribution in [2.75, 3.05) is 38.2 Å². The Morgan fingerprint density at radius 2 is 1.40 bits per heavy atom. The van der Waals surface area contributed by atoms with E-state index >= 15 is 0 Å². The summed E-state index contributed by atoms with van der Waals surface area (Å²) in [4.78, 5) is 22.7. The first kappa shape index (κ1) is 20.4. The van der Waals surface area contributed by atoms with Crippen molar-refractivity contribution in [2.24, 2.45) is 0 Å². The lowest BCUT2D eigenvalue weighted by Gasteiger charge is -2.17. The van der Waals surface area contributed by atoms with E-state index in [0.717, 1.165) is 0 Å². The van der Waals surface area contributed by atoms with Gasteiger partial charge in [-0.3, -0.25) is 4.79 Å². The van der Waals surface area contributed by atoms with Crippen molar-refractivity contribution in [1.82, 2.24) is 10.6 Å². The number of anilines is 1. The lowest BCUT2D eigenvalue weighted by atomic mass is 10.2. The average molecular weight is 353 g/mol. The maximum Gasteiger partial charge on any atom is 0.319 e. The summed E-state index contributed by atoms with van der Waals surface area (Å²) in [6.45, 7) is 9.09. The number of carbonyl (C=O) groups excluding carboxylic acids is 2. The molecule has 0 heterocycles. The molecule has 1 aromatic carbocycles. The summed E-state index contributed by atoms with van der Waals surface area (Å²) in [6, 6.07) is 2.98. The second-order valence-corrected chi connectivity index (χ2v) is 4.96. The minimum absolute atomic E-state index is 0.142. The Morgan fingerprint density at radius 3 is 1.88 bits per heavy atom. The molecule has 0 radical (unpaired) electrons. The maximum absolute atomic E-state index is 12.0. The SMILES string of the molecule is CCOc1cc(NC(=O)NCCNC(C)=O)cc(OCC)c1OCC. The molecule has 0 saturated heterocycles. The first-order valence-corrected chi connectivity index (χ1v) is 8.37. The molecule has 1 rings (SSSR count). The zero-order chi connectivity index (χ0) is 18.7. The fourth-order valence-corrected chi connectivity index (χ4v) is 2.05. The summed E-state index contributed by atoms with van der Waals surface area (Å²) in [6.07, 6.45) is 0. The quantitative estimate of drug-likeness (QED) is 0.560. The van der Waals surface area contributed by atoms with Crippen molar-refractivity contribution in [3.63, 3.8) is 0 Å². The largest absolute Gasteiger partial charge is 0.490 e. The zero-order valence-corrected chi connectivity index (χ0v) is 15.2. The Kier molecular flexibility index (Phi) is 8.99. The van der Waals surface area contributed by atoms with Crippen LogP contribution in [-0.4, -0.2) is 44.8 Å². The molecule has 0 atom stereocenters. The number of carbonyl (C=O) groups is 2. The van der Waals surface area contributed by atoms with Gasteiger partial charge in [0.25, 0.3) is 0 Å². The molecule has 3 amide bonds. The lowest BCUT2D eigenvalue weighted by molar-refractivity contribution is -0.118. The second kappa shape index (κ2) is 11.0. The van der Waals surface area contributed by atoms with Crippen LogP contribution in [0.4, 0.5) is 10.5 Å². The number of ether oxygens (including phenoxy) is 3. The molecule has 0 unspecified atom stereocenters. The van der Waals surface area contributed by atoms with Gasteiger partial charge >= 0.3 is 6.03 Å². The van der Waals surface area contributed by atoms with E-state index in [1.165, 1.54) is 6.92 Å². The fourth-order valence-electron chi connectivity index (χ4n) is 2.05. The molecule has 8 nitrogen and oxygen atoms in total. The Hall–Kier alpha value is -2.64. The molecular weight excluding hydrogens is 326 g/mol. The van der Waals surface area contributed by atoms with Gasteiger partial charge in [-0.15, -0.1) is 0 Å². The molecule has 1 aromatic rings. The molecule has 25 heavy (non-hydrogen) atoms. The van der Waals surface area contributed by atoms with Crippen molar-refractivity contribution < 1.29 is 23.8 Å². The minimum Gasteiger partial charge on any atom is -0.490 e. The molecule has 0 aliphatic rings. The van der Waals surface area contributed by atoms with Gasteiger partial charge in [-0.1, -0.05) is 0 Å². The van der Waals surface area contributed by atoms with Crippen LogP contribution in [0.2, 0.25) is 0 Å². The molecule has 0 aromatic heterocycles. The van der Waals surface area contributed by atoms with Crippen molar-refractivity contribution in [3.05, 3.63) is 12.1 Å². The van der Waals surface area contributed by atoms with Crippen LogP contribution in [0, 0.1) is 0 Å². The zero-order valence-electron chi connectivity index (χ0n) is 15.2. The second-order valence-electron chi connectivity index (χ2n) is 4.96. The normalized spacial score (nSPS) is 9.92. The summed E-state index contributed by atoms with van der Waals surface area (Å²) in [5.74, 6) is 1.38. The van der Waals surface area contributed by atoms with E-state index in [1.807, 2.05) is 20.8 Å². The molecule has 0 fully saturated rings. The van der Waals surface area contributed by atoms with E-state index in [1.54, 1.807) is 12.1 Å². The highest BCUT2D eigenvalue weighted by molar-refractivity contribution is 5.90. The van der Waals surface area contributed by atoms with Crippen LogP contribution in [0.25, 0.3) is 0 Å². The monoisotopic (exact) mass is 353 g/mol. The Balaban J connectivity index is 2.83. The molecule has 3 N–H and O–H groups in total. The molecule has 140 valence electrons. The highest BCUT2D eigenvalue weighted by atomic mass is 16.5. The third kappa shape index (κ3) is 7.19. The number of benzene rings is 1. The van der Waals surface area contributed by atoms with Gasteiger partial charge in [0.2, 0.25) is 11.7 Å². The summed E-state index contributed by atoms with van der Waals surface area (Å²) in [5.41, 5.74) is 0.521. The summed E-state index contributed by atoms with van der Waals surface area (Å²) < 4.78 is 16.8. The van der Waals surface area contributed by atoms with Crippen LogP contribution in [0.15, 0.2) is 12.1 Å². The van der Waals surface area contributed by atoms with Gasteiger partial charge < -0.3 is 30.2 Å². The molecular formula is C17H27N3O5. The third-order valence-electron chi connectivity index (χ3n) is 2.95. The predicted molar refractivity (Wildman–Crippen MR) is 95.7 cm³/mol. The number of rotatable bonds is 10. The van der Waals surface area contributed by atoms with E-state index < -0.39 is 0 Å². The van der Waals surface area contributed by atoms with Crippen LogP contribution in [-0.2, 0) is 4.79 Å². The van der Waals surface area contributed by atoms with E-state index in [0.29, 0.717) is 55.8 Å². The average Bonchev–Trinajstić information content (AvgIpc) is 2.55. The molecule has 0 saturated carbocycles. The van der Waals surface area contributed by atoms with Crippen LogP contribution in [0.5, 0.6) is 17.2 Å². The van der Waals surface area contributed by atoms with Crippen molar-refractivity contribution in [3.8, 4) is 17.2 Å². The van der Waals surface area contributed by atoms with Gasteiger partial charge in [-0.25, -0.2) is 4.79 Å². The van der Waals surface area contributed by atoms with Crippen molar-refractivity contribution in [2.45, 2.75) is 27.7 Å². The summed E-state index contributed by atoms with van der Waals surface area (Å²) in [7, 11) is 0. The smallest absolute Gasteiger partial charge is 0.319 e. The molecule has 8 heteroatoms. The van der Waals surface area contributed by atoms with Crippen LogP contribution < -0.4 is 30.2 Å². The summed E-state index contributed by atoms with van der Waals surface area (Å²) >= 11 is 0. The van der Waals surface area contributed by atoms with E-state index in [9.17, 15) is 9.59 Å². The molecule has 0 bridgehead atoms. The molecule has 0 spiro atoms. The third-order valence-corrected chi connectivity index (χ3v) is 2.95. The number of hydrogen-bond acceptors (Lipinski definition) is 5. The number of amides is 3. The number of urea groups is 1. The van der Waals surface area contributed by atoms with Gasteiger partial charge in [0.15, 0.2) is 11.5 Å². The number of nitrogens with one attached hydrogen (secondary N) is 3. The standard InChI is InChI=1S/C17H27N3O5/c1-5-23-14-10-13(11-15(24-6-2)16(14)25-7-3)20-17(22)19-9-8-18-12(4)21/h10-11H,5-9H2,1-4H3,(H,18,21)(H2,19,20,22). The van der Waals surface area contributed by atoms with E-state index in [4.69, 9.17) is 14.2 Å². The van der Waals surface area contributed by atoms with Crippen LogP contribution in [0.3, 0.4) is 0 Å². The fraction of sp³-hybridized carbons (Fsp3) is 0.529. The van der Waals surface area contributed by atoms with Gasteiger partial charge in [-0.05, 0) is 20.8 Å².